The van der Waals surface area contributed by atoms with Gasteiger partial charge in [0.15, 0.2) is 12.2 Å². The van der Waals surface area contributed by atoms with Crippen molar-refractivity contribution in [2.24, 2.45) is 17.8 Å². The number of aliphatic hydroxyl groups excluding tert-OH is 1. The monoisotopic (exact) mass is 1210 g/mol. The summed E-state index contributed by atoms with van der Waals surface area (Å²) in [6.07, 6.45) is 35.1. The largest absolute Gasteiger partial charge is 0.472 e. The number of hydrogen-bond acceptors (Lipinski definition) is 15. The molecule has 3 N–H and O–H groups in total. The molecule has 0 aromatic heterocycles. The molecule has 0 aliphatic heterocycles. The van der Waals surface area contributed by atoms with Gasteiger partial charge >= 0.3 is 39.5 Å². The number of hydrogen-bond donors (Lipinski definition) is 3. The van der Waals surface area contributed by atoms with Crippen LogP contribution in [0.1, 0.15) is 305 Å². The molecule has 0 spiro atoms. The maximum absolute atomic E-state index is 13.0. The zero-order chi connectivity index (χ0) is 61.0. The van der Waals surface area contributed by atoms with Crippen molar-refractivity contribution in [1.82, 2.24) is 0 Å². The van der Waals surface area contributed by atoms with Crippen LogP contribution in [0.25, 0.3) is 0 Å². The molecule has 19 heteroatoms. The van der Waals surface area contributed by atoms with E-state index >= 15 is 0 Å². The van der Waals surface area contributed by atoms with Crippen LogP contribution in [0.2, 0.25) is 0 Å². The summed E-state index contributed by atoms with van der Waals surface area (Å²) < 4.78 is 67.8. The van der Waals surface area contributed by atoms with E-state index in [0.29, 0.717) is 25.7 Å². The molecule has 17 nitrogen and oxygen atoms in total. The minimum atomic E-state index is -4.94. The van der Waals surface area contributed by atoms with Crippen molar-refractivity contribution in [1.29, 1.82) is 0 Å². The van der Waals surface area contributed by atoms with E-state index in [2.05, 4.69) is 48.5 Å². The molecule has 0 saturated carbocycles. The number of carbonyl (C=O) groups excluding carboxylic acids is 4. The predicted molar refractivity (Wildman–Crippen MR) is 326 cm³/mol. The molecule has 0 bridgehead atoms. The van der Waals surface area contributed by atoms with Crippen LogP contribution in [0.5, 0.6) is 0 Å². The Balaban J connectivity index is 5.19. The predicted octanol–water partition coefficient (Wildman–Crippen LogP) is 17.1. The minimum Gasteiger partial charge on any atom is -0.462 e. The molecule has 0 amide bonds. The third-order valence-corrected chi connectivity index (χ3v) is 16.6. The number of phosphoric acid groups is 2. The second-order valence-corrected chi connectivity index (χ2v) is 26.9. The number of esters is 4. The minimum absolute atomic E-state index is 0.103. The molecule has 0 saturated heterocycles. The van der Waals surface area contributed by atoms with Crippen LogP contribution in [0.15, 0.2) is 0 Å². The van der Waals surface area contributed by atoms with Gasteiger partial charge in [-0.1, -0.05) is 254 Å². The molecular weight excluding hydrogens is 1090 g/mol. The van der Waals surface area contributed by atoms with E-state index in [4.69, 9.17) is 37.0 Å². The number of aliphatic hydroxyl groups is 1. The summed E-state index contributed by atoms with van der Waals surface area (Å²) in [5, 5.41) is 10.5. The van der Waals surface area contributed by atoms with Gasteiger partial charge in [0.2, 0.25) is 0 Å². The number of phosphoric ester groups is 2. The van der Waals surface area contributed by atoms with Gasteiger partial charge in [-0.2, -0.15) is 0 Å². The van der Waals surface area contributed by atoms with Gasteiger partial charge in [-0.15, -0.1) is 0 Å². The molecular formula is C63H122O17P2. The second-order valence-electron chi connectivity index (χ2n) is 24.0. The molecule has 0 radical (unpaired) electrons. The Morgan fingerprint density at radius 2 is 0.622 bits per heavy atom. The van der Waals surface area contributed by atoms with Gasteiger partial charge in [0, 0.05) is 25.7 Å². The van der Waals surface area contributed by atoms with Crippen molar-refractivity contribution in [3.63, 3.8) is 0 Å². The third kappa shape index (κ3) is 55.9. The fourth-order valence-corrected chi connectivity index (χ4v) is 10.9. The van der Waals surface area contributed by atoms with Crippen molar-refractivity contribution in [2.45, 2.75) is 324 Å². The summed E-state index contributed by atoms with van der Waals surface area (Å²) in [6.45, 7) is 11.7. The first kappa shape index (κ1) is 80.1. The topological polar surface area (TPSA) is 237 Å². The fraction of sp³-hybridized carbons (Fsp3) is 0.937. The SMILES string of the molecule is CCCCCCCC(=O)OC[C@H](COP(=O)(O)OC[C@H](O)COP(=O)(O)OC[C@@H](COC(=O)CCCCCCCCCCCC(C)C)OC(=O)CCCCCCCCCCCCC(C)CC)OC(=O)CCCCCCCCCCC(C)C. The Labute approximate surface area is 498 Å². The zero-order valence-corrected chi connectivity index (χ0v) is 54.7. The number of unbranched alkanes of at least 4 members (excludes halogenated alkanes) is 28. The molecule has 0 rings (SSSR count). The van der Waals surface area contributed by atoms with E-state index in [1.165, 1.54) is 109 Å². The average Bonchev–Trinajstić information content (AvgIpc) is 3.44. The highest BCUT2D eigenvalue weighted by molar-refractivity contribution is 7.47. The number of carbonyl (C=O) groups is 4. The smallest absolute Gasteiger partial charge is 0.462 e. The molecule has 0 aliphatic carbocycles. The lowest BCUT2D eigenvalue weighted by Crippen LogP contribution is -2.30. The Bertz CT molecular complexity index is 1630. The van der Waals surface area contributed by atoms with Gasteiger partial charge in [-0.05, 0) is 43.4 Å². The Morgan fingerprint density at radius 3 is 0.927 bits per heavy atom. The molecule has 3 unspecified atom stereocenters. The molecule has 82 heavy (non-hydrogen) atoms. The van der Waals surface area contributed by atoms with Crippen molar-refractivity contribution in [3.05, 3.63) is 0 Å². The first-order valence-electron chi connectivity index (χ1n) is 32.9. The van der Waals surface area contributed by atoms with Crippen molar-refractivity contribution >= 4 is 39.5 Å². The molecule has 0 aromatic carbocycles. The van der Waals surface area contributed by atoms with Crippen LogP contribution in [0, 0.1) is 17.8 Å². The standard InChI is InChI=1S/C63H122O17P2/c1-8-10-11-27-37-44-60(65)73-50-58(79-63(68)47-40-33-26-20-19-22-29-35-42-55(5)6)52-77-81(69,70)75-48-57(64)49-76-82(71,72)78-53-59(51-74-61(66)45-38-31-24-18-14-15-21-28-34-41-54(3)4)80-62(67)46-39-32-25-17-13-12-16-23-30-36-43-56(7)9-2/h54-59,64H,8-53H2,1-7H3,(H,69,70)(H,71,72)/t56?,57-,58+,59+/m0/s1. The van der Waals surface area contributed by atoms with Crippen LogP contribution >= 0.6 is 15.6 Å². The summed E-state index contributed by atoms with van der Waals surface area (Å²) in [7, 11) is -9.88. The lowest BCUT2D eigenvalue weighted by molar-refractivity contribution is -0.161. The molecule has 6 atom stereocenters. The highest BCUT2D eigenvalue weighted by atomic mass is 31.2. The average molecular weight is 1210 g/mol. The van der Waals surface area contributed by atoms with Gasteiger partial charge in [0.1, 0.15) is 19.3 Å². The zero-order valence-electron chi connectivity index (χ0n) is 52.9. The van der Waals surface area contributed by atoms with E-state index in [1.54, 1.807) is 0 Å². The van der Waals surface area contributed by atoms with Crippen LogP contribution in [0.4, 0.5) is 0 Å². The maximum atomic E-state index is 13.0. The molecule has 0 aromatic rings. The normalized spacial score (nSPS) is 14.7. The summed E-state index contributed by atoms with van der Waals surface area (Å²) in [6, 6.07) is 0. The lowest BCUT2D eigenvalue weighted by atomic mass is 9.99. The van der Waals surface area contributed by atoms with E-state index in [-0.39, 0.29) is 25.7 Å². The van der Waals surface area contributed by atoms with Crippen LogP contribution in [0.3, 0.4) is 0 Å². The summed E-state index contributed by atoms with van der Waals surface area (Å²) in [5.74, 6) is 0.117. The van der Waals surface area contributed by atoms with Crippen molar-refractivity contribution < 1.29 is 80.2 Å². The molecule has 486 valence electrons. The van der Waals surface area contributed by atoms with Crippen LogP contribution in [-0.4, -0.2) is 96.7 Å². The highest BCUT2D eigenvalue weighted by Crippen LogP contribution is 2.45. The molecule has 0 heterocycles. The highest BCUT2D eigenvalue weighted by Gasteiger charge is 2.30. The van der Waals surface area contributed by atoms with E-state index in [0.717, 1.165) is 114 Å². The van der Waals surface area contributed by atoms with E-state index < -0.39 is 97.5 Å². The summed E-state index contributed by atoms with van der Waals surface area (Å²) >= 11 is 0. The Morgan fingerprint density at radius 1 is 0.354 bits per heavy atom. The van der Waals surface area contributed by atoms with Crippen molar-refractivity contribution in [3.8, 4) is 0 Å². The molecule has 0 aliphatic rings. The van der Waals surface area contributed by atoms with Gasteiger partial charge in [-0.25, -0.2) is 9.13 Å². The van der Waals surface area contributed by atoms with E-state index in [9.17, 15) is 43.2 Å². The Hall–Kier alpha value is -1.94. The molecule has 0 fully saturated rings. The Kier molecular flexibility index (Phi) is 53.2. The van der Waals surface area contributed by atoms with Gasteiger partial charge < -0.3 is 33.8 Å². The fourth-order valence-electron chi connectivity index (χ4n) is 9.27. The van der Waals surface area contributed by atoms with E-state index in [1.807, 2.05) is 0 Å². The lowest BCUT2D eigenvalue weighted by Gasteiger charge is -2.21. The van der Waals surface area contributed by atoms with Crippen LogP contribution < -0.4 is 0 Å². The second kappa shape index (κ2) is 54.5. The number of ether oxygens (including phenoxy) is 4. The van der Waals surface area contributed by atoms with Gasteiger partial charge in [0.25, 0.3) is 0 Å². The number of rotatable bonds is 61. The van der Waals surface area contributed by atoms with Gasteiger partial charge in [-0.3, -0.25) is 37.3 Å². The van der Waals surface area contributed by atoms with Crippen molar-refractivity contribution in [2.75, 3.05) is 39.6 Å². The maximum Gasteiger partial charge on any atom is 0.472 e. The first-order chi connectivity index (χ1) is 39.3. The third-order valence-electron chi connectivity index (χ3n) is 14.7. The van der Waals surface area contributed by atoms with Crippen LogP contribution in [-0.2, 0) is 65.4 Å². The quantitative estimate of drug-likeness (QED) is 0.0222. The van der Waals surface area contributed by atoms with Gasteiger partial charge in [0.05, 0.1) is 26.4 Å². The summed E-state index contributed by atoms with van der Waals surface area (Å²) in [5.41, 5.74) is 0. The summed E-state index contributed by atoms with van der Waals surface area (Å²) in [4.78, 5) is 71.9. The first-order valence-corrected chi connectivity index (χ1v) is 35.9.